The molecular formula is C29H32N3+. The standard InChI is InChI=1S/C29H32N3/c1-22-12-7-9-17-28(22)31(3)23(2)20-24-21-26(15-11-19-30)32(25-13-5-4-6-14-25)29-18-10-8-16-27(24)29/h4-10,12-14,16-18,20-21H,11,15,19,30H2,1-3H3/q+1. The molecule has 0 saturated heterocycles. The summed E-state index contributed by atoms with van der Waals surface area (Å²) in [5, 5.41) is 1.24. The van der Waals surface area contributed by atoms with Crippen molar-refractivity contribution in [2.24, 2.45) is 5.73 Å². The van der Waals surface area contributed by atoms with Crippen LogP contribution in [-0.2, 0) is 6.42 Å². The second-order valence-electron chi connectivity index (χ2n) is 8.30. The number of rotatable bonds is 7. The predicted molar refractivity (Wildman–Crippen MR) is 136 cm³/mol. The van der Waals surface area contributed by atoms with Crippen molar-refractivity contribution >= 4 is 22.7 Å². The first-order chi connectivity index (χ1) is 15.6. The summed E-state index contributed by atoms with van der Waals surface area (Å²) in [6, 6.07) is 30.1. The molecule has 0 bridgehead atoms. The van der Waals surface area contributed by atoms with E-state index in [0.29, 0.717) is 6.54 Å². The summed E-state index contributed by atoms with van der Waals surface area (Å²) in [4.78, 5) is 2.27. The predicted octanol–water partition coefficient (Wildman–Crippen LogP) is 5.81. The lowest BCUT2D eigenvalue weighted by molar-refractivity contribution is -0.576. The third-order valence-corrected chi connectivity index (χ3v) is 6.09. The average molecular weight is 423 g/mol. The highest BCUT2D eigenvalue weighted by molar-refractivity contribution is 5.87. The van der Waals surface area contributed by atoms with Gasteiger partial charge in [-0.25, -0.2) is 0 Å². The highest BCUT2D eigenvalue weighted by Crippen LogP contribution is 2.26. The molecule has 32 heavy (non-hydrogen) atoms. The molecule has 0 unspecified atom stereocenters. The van der Waals surface area contributed by atoms with Gasteiger partial charge in [-0.2, -0.15) is 4.57 Å². The van der Waals surface area contributed by atoms with Crippen molar-refractivity contribution < 1.29 is 4.57 Å². The number of nitrogens with zero attached hydrogens (tertiary/aromatic N) is 2. The molecule has 0 aliphatic rings. The maximum atomic E-state index is 5.89. The number of benzene rings is 3. The zero-order valence-corrected chi connectivity index (χ0v) is 19.3. The van der Waals surface area contributed by atoms with Crippen LogP contribution in [0.1, 0.15) is 30.2 Å². The van der Waals surface area contributed by atoms with Gasteiger partial charge in [0.05, 0.1) is 5.39 Å². The second kappa shape index (κ2) is 9.80. The second-order valence-corrected chi connectivity index (χ2v) is 8.30. The number of pyridine rings is 1. The minimum Gasteiger partial charge on any atom is -0.348 e. The Morgan fingerprint density at radius 1 is 0.938 bits per heavy atom. The van der Waals surface area contributed by atoms with Crippen LogP contribution in [0.5, 0.6) is 0 Å². The number of aryl methyl sites for hydroxylation is 2. The normalized spacial score (nSPS) is 11.7. The van der Waals surface area contributed by atoms with Gasteiger partial charge < -0.3 is 10.6 Å². The smallest absolute Gasteiger partial charge is 0.219 e. The van der Waals surface area contributed by atoms with Gasteiger partial charge in [0.1, 0.15) is 0 Å². The van der Waals surface area contributed by atoms with Crippen LogP contribution >= 0.6 is 0 Å². The molecule has 0 spiro atoms. The number of allylic oxidation sites excluding steroid dienone is 1. The van der Waals surface area contributed by atoms with Crippen LogP contribution in [0.3, 0.4) is 0 Å². The van der Waals surface area contributed by atoms with Crippen molar-refractivity contribution in [2.45, 2.75) is 26.7 Å². The minimum atomic E-state index is 0.682. The quantitative estimate of drug-likeness (QED) is 0.381. The van der Waals surface area contributed by atoms with Gasteiger partial charge in [0.2, 0.25) is 11.2 Å². The highest BCUT2D eigenvalue weighted by atomic mass is 15.1. The molecule has 4 aromatic rings. The maximum absolute atomic E-state index is 5.89. The van der Waals surface area contributed by atoms with Gasteiger partial charge >= 0.3 is 0 Å². The number of para-hydroxylation sites is 3. The van der Waals surface area contributed by atoms with Crippen LogP contribution in [0, 0.1) is 6.92 Å². The number of aromatic nitrogens is 1. The summed E-state index contributed by atoms with van der Waals surface area (Å²) in [5.74, 6) is 0. The fourth-order valence-corrected chi connectivity index (χ4v) is 4.31. The van der Waals surface area contributed by atoms with Crippen molar-refractivity contribution in [3.05, 3.63) is 107 Å². The van der Waals surface area contributed by atoms with E-state index in [1.165, 1.54) is 44.8 Å². The van der Waals surface area contributed by atoms with Gasteiger partial charge in [-0.3, -0.25) is 0 Å². The first kappa shape index (κ1) is 21.8. The van der Waals surface area contributed by atoms with E-state index in [9.17, 15) is 0 Å². The Kier molecular flexibility index (Phi) is 6.67. The molecular weight excluding hydrogens is 390 g/mol. The molecule has 0 aliphatic carbocycles. The molecule has 0 aliphatic heterocycles. The van der Waals surface area contributed by atoms with Crippen LogP contribution < -0.4 is 15.2 Å². The highest BCUT2D eigenvalue weighted by Gasteiger charge is 2.21. The molecule has 3 aromatic carbocycles. The van der Waals surface area contributed by atoms with E-state index in [4.69, 9.17) is 5.73 Å². The van der Waals surface area contributed by atoms with Crippen LogP contribution in [0.2, 0.25) is 0 Å². The summed E-state index contributed by atoms with van der Waals surface area (Å²) >= 11 is 0. The van der Waals surface area contributed by atoms with E-state index in [0.717, 1.165) is 12.8 Å². The number of anilines is 1. The number of nitrogens with two attached hydrogens (primary N) is 1. The van der Waals surface area contributed by atoms with Gasteiger partial charge in [-0.05, 0) is 56.1 Å². The maximum Gasteiger partial charge on any atom is 0.219 e. The SMILES string of the molecule is CC(=Cc1cc(CCCN)[n+](-c2ccccc2)c2ccccc12)N(C)c1ccccc1C. The molecule has 0 saturated carbocycles. The average Bonchev–Trinajstić information content (AvgIpc) is 2.83. The van der Waals surface area contributed by atoms with E-state index in [1.807, 2.05) is 0 Å². The lowest BCUT2D eigenvalue weighted by Gasteiger charge is -2.22. The van der Waals surface area contributed by atoms with Gasteiger partial charge in [0.25, 0.3) is 0 Å². The molecule has 0 atom stereocenters. The summed E-state index contributed by atoms with van der Waals surface area (Å²) < 4.78 is 2.38. The lowest BCUT2D eigenvalue weighted by atomic mass is 10.0. The number of hydrogen-bond donors (Lipinski definition) is 1. The van der Waals surface area contributed by atoms with Crippen molar-refractivity contribution in [3.63, 3.8) is 0 Å². The van der Waals surface area contributed by atoms with Crippen LogP contribution in [0.15, 0.2) is 90.6 Å². The third-order valence-electron chi connectivity index (χ3n) is 6.09. The lowest BCUT2D eigenvalue weighted by Crippen LogP contribution is -2.37. The fraction of sp³-hybridized carbons (Fsp3) is 0.207. The first-order valence-corrected chi connectivity index (χ1v) is 11.3. The Hall–Kier alpha value is -3.43. The molecule has 0 fully saturated rings. The van der Waals surface area contributed by atoms with Gasteiger partial charge in [0, 0.05) is 49.1 Å². The summed E-state index contributed by atoms with van der Waals surface area (Å²) in [6.45, 7) is 5.02. The van der Waals surface area contributed by atoms with Gasteiger partial charge in [-0.15, -0.1) is 0 Å². The Morgan fingerprint density at radius 3 is 2.38 bits per heavy atom. The van der Waals surface area contributed by atoms with E-state index in [-0.39, 0.29) is 0 Å². The molecule has 3 nitrogen and oxygen atoms in total. The number of fused-ring (bicyclic) bond motifs is 1. The van der Waals surface area contributed by atoms with E-state index >= 15 is 0 Å². The Morgan fingerprint density at radius 2 is 1.62 bits per heavy atom. The fourth-order valence-electron chi connectivity index (χ4n) is 4.31. The first-order valence-electron chi connectivity index (χ1n) is 11.3. The van der Waals surface area contributed by atoms with E-state index in [1.54, 1.807) is 0 Å². The van der Waals surface area contributed by atoms with E-state index < -0.39 is 0 Å². The zero-order chi connectivity index (χ0) is 22.5. The summed E-state index contributed by atoms with van der Waals surface area (Å²) in [6.07, 6.45) is 4.19. The molecule has 4 rings (SSSR count). The Labute approximate surface area is 191 Å². The van der Waals surface area contributed by atoms with Crippen molar-refractivity contribution in [1.82, 2.24) is 0 Å². The van der Waals surface area contributed by atoms with Crippen LogP contribution in [0.25, 0.3) is 22.7 Å². The molecule has 0 radical (unpaired) electrons. The Bertz CT molecular complexity index is 1240. The zero-order valence-electron chi connectivity index (χ0n) is 19.3. The Balaban J connectivity index is 1.89. The van der Waals surface area contributed by atoms with Crippen molar-refractivity contribution in [3.8, 4) is 5.69 Å². The number of hydrogen-bond acceptors (Lipinski definition) is 2. The van der Waals surface area contributed by atoms with Crippen LogP contribution in [0.4, 0.5) is 5.69 Å². The van der Waals surface area contributed by atoms with Gasteiger partial charge in [-0.1, -0.05) is 48.5 Å². The van der Waals surface area contributed by atoms with Crippen LogP contribution in [-0.4, -0.2) is 13.6 Å². The molecule has 162 valence electrons. The van der Waals surface area contributed by atoms with Crippen molar-refractivity contribution in [1.29, 1.82) is 0 Å². The molecule has 0 amide bonds. The summed E-state index contributed by atoms with van der Waals surface area (Å²) in [5.41, 5.74) is 14.5. The van der Waals surface area contributed by atoms with Crippen molar-refractivity contribution in [2.75, 3.05) is 18.5 Å². The largest absolute Gasteiger partial charge is 0.348 e. The summed E-state index contributed by atoms with van der Waals surface area (Å²) in [7, 11) is 2.14. The van der Waals surface area contributed by atoms with Gasteiger partial charge in [0.15, 0.2) is 5.69 Å². The monoisotopic (exact) mass is 422 g/mol. The third kappa shape index (κ3) is 4.44. The van der Waals surface area contributed by atoms with E-state index in [2.05, 4.69) is 121 Å². The minimum absolute atomic E-state index is 0.682. The molecule has 2 N–H and O–H groups in total. The molecule has 3 heteroatoms. The molecule has 1 aromatic heterocycles. The molecule has 1 heterocycles. The topological polar surface area (TPSA) is 33.1 Å².